The van der Waals surface area contributed by atoms with Crippen molar-refractivity contribution in [2.24, 2.45) is 0 Å². The summed E-state index contributed by atoms with van der Waals surface area (Å²) in [7, 11) is -4.43. The molecule has 1 saturated heterocycles. The van der Waals surface area contributed by atoms with Crippen LogP contribution in [0.4, 0.5) is 19.3 Å². The highest BCUT2D eigenvalue weighted by Gasteiger charge is 2.51. The molecule has 1 heterocycles. The van der Waals surface area contributed by atoms with Gasteiger partial charge < -0.3 is 15.7 Å². The van der Waals surface area contributed by atoms with E-state index >= 15 is 0 Å². The summed E-state index contributed by atoms with van der Waals surface area (Å²) >= 11 is 0. The van der Waals surface area contributed by atoms with Gasteiger partial charge in [0, 0.05) is 19.0 Å². The second-order valence-corrected chi connectivity index (χ2v) is 10.4. The second kappa shape index (κ2) is 9.59. The maximum atomic E-state index is 14.0. The third-order valence-electron chi connectivity index (χ3n) is 6.03. The van der Waals surface area contributed by atoms with Gasteiger partial charge in [-0.2, -0.15) is 4.31 Å². The molecule has 1 unspecified atom stereocenters. The van der Waals surface area contributed by atoms with Crippen LogP contribution in [0.2, 0.25) is 0 Å². The number of amides is 2. The van der Waals surface area contributed by atoms with Gasteiger partial charge >= 0.3 is 12.0 Å². The Kier molecular flexibility index (Phi) is 6.73. The van der Waals surface area contributed by atoms with Crippen LogP contribution in [0.25, 0.3) is 5.57 Å². The Labute approximate surface area is 201 Å². The Balaban J connectivity index is 1.67. The summed E-state index contributed by atoms with van der Waals surface area (Å²) in [6.07, 6.45) is 4.79. The minimum absolute atomic E-state index is 0.0139. The Morgan fingerprint density at radius 2 is 1.86 bits per heavy atom. The lowest BCUT2D eigenvalue weighted by atomic mass is 9.97. The van der Waals surface area contributed by atoms with Gasteiger partial charge in [0.2, 0.25) is 10.0 Å². The molecule has 0 saturated carbocycles. The van der Waals surface area contributed by atoms with Crippen molar-refractivity contribution in [2.45, 2.75) is 30.2 Å². The van der Waals surface area contributed by atoms with Crippen molar-refractivity contribution >= 4 is 33.3 Å². The highest BCUT2D eigenvalue weighted by atomic mass is 32.2. The summed E-state index contributed by atoms with van der Waals surface area (Å²) in [5.41, 5.74) is 1.21. The standard InChI is InChI=1S/C24H23F2N3O5S/c25-18-8-9-20(19(26)15-18)27-23(32)28-24(35(33,34)29-14-4-7-21(29)22(30)31)12-10-17(11-13-24)16-5-2-1-3-6-16/h1-3,5-6,8-12,15,21H,4,7,13-14H2,(H,30,31)(H2,27,28,32)/t21-,24?/m0/s1. The molecular weight excluding hydrogens is 480 g/mol. The number of nitrogens with zero attached hydrogens (tertiary/aromatic N) is 1. The Morgan fingerprint density at radius 1 is 1.11 bits per heavy atom. The summed E-state index contributed by atoms with van der Waals surface area (Å²) in [5, 5.41) is 14.2. The first-order valence-corrected chi connectivity index (χ1v) is 12.3. The number of carbonyl (C=O) groups is 2. The number of benzene rings is 2. The molecular formula is C24H23F2N3O5S. The largest absolute Gasteiger partial charge is 0.480 e. The molecule has 2 aliphatic rings. The number of sulfonamides is 1. The lowest BCUT2D eigenvalue weighted by Gasteiger charge is -2.37. The molecule has 2 aromatic carbocycles. The highest BCUT2D eigenvalue weighted by Crippen LogP contribution is 2.36. The summed E-state index contributed by atoms with van der Waals surface area (Å²) in [4.78, 5) is 22.5. The zero-order chi connectivity index (χ0) is 25.2. The monoisotopic (exact) mass is 503 g/mol. The minimum atomic E-state index is -4.43. The molecule has 0 bridgehead atoms. The molecule has 2 atom stereocenters. The molecule has 35 heavy (non-hydrogen) atoms. The van der Waals surface area contributed by atoms with Crippen molar-refractivity contribution in [2.75, 3.05) is 11.9 Å². The Hall–Kier alpha value is -3.57. The van der Waals surface area contributed by atoms with E-state index in [9.17, 15) is 31.9 Å². The molecule has 0 radical (unpaired) electrons. The number of halogens is 2. The Morgan fingerprint density at radius 3 is 2.49 bits per heavy atom. The van der Waals surface area contributed by atoms with E-state index in [0.717, 1.165) is 27.6 Å². The first kappa shape index (κ1) is 24.6. The van der Waals surface area contributed by atoms with Crippen LogP contribution in [-0.4, -0.2) is 47.3 Å². The molecule has 11 heteroatoms. The average Bonchev–Trinajstić information content (AvgIpc) is 3.33. The topological polar surface area (TPSA) is 116 Å². The number of aliphatic carboxylic acids is 1. The van der Waals surface area contributed by atoms with Gasteiger partial charge in [0.05, 0.1) is 5.69 Å². The lowest BCUT2D eigenvalue weighted by molar-refractivity contribution is -0.140. The van der Waals surface area contributed by atoms with Crippen molar-refractivity contribution in [3.05, 3.63) is 84.0 Å². The van der Waals surface area contributed by atoms with Crippen molar-refractivity contribution in [3.63, 3.8) is 0 Å². The van der Waals surface area contributed by atoms with Crippen molar-refractivity contribution in [3.8, 4) is 0 Å². The van der Waals surface area contributed by atoms with Crippen molar-refractivity contribution in [1.82, 2.24) is 9.62 Å². The number of carbonyl (C=O) groups excluding carboxylic acids is 1. The van der Waals surface area contributed by atoms with Crippen LogP contribution in [0.5, 0.6) is 0 Å². The third-order valence-corrected chi connectivity index (χ3v) is 8.41. The fourth-order valence-electron chi connectivity index (χ4n) is 4.24. The zero-order valence-corrected chi connectivity index (χ0v) is 19.3. The maximum absolute atomic E-state index is 14.0. The molecule has 0 spiro atoms. The molecule has 184 valence electrons. The van der Waals surface area contributed by atoms with Crippen LogP contribution >= 0.6 is 0 Å². The van der Waals surface area contributed by atoms with Gasteiger partial charge in [-0.25, -0.2) is 22.0 Å². The van der Waals surface area contributed by atoms with Crippen LogP contribution in [0.15, 0.2) is 66.8 Å². The third kappa shape index (κ3) is 4.82. The molecule has 4 rings (SSSR count). The number of hydrogen-bond donors (Lipinski definition) is 3. The molecule has 3 N–H and O–H groups in total. The van der Waals surface area contributed by atoms with Crippen LogP contribution in [0.1, 0.15) is 24.8 Å². The van der Waals surface area contributed by atoms with Crippen molar-refractivity contribution in [1.29, 1.82) is 0 Å². The lowest BCUT2D eigenvalue weighted by Crippen LogP contribution is -2.60. The maximum Gasteiger partial charge on any atom is 0.322 e. The van der Waals surface area contributed by atoms with E-state index < -0.39 is 44.6 Å². The number of nitrogens with one attached hydrogen (secondary N) is 2. The van der Waals surface area contributed by atoms with Crippen LogP contribution < -0.4 is 10.6 Å². The van der Waals surface area contributed by atoms with Gasteiger partial charge in [-0.3, -0.25) is 4.79 Å². The normalized spacial score (nSPS) is 22.5. The fourth-order valence-corrected chi connectivity index (χ4v) is 6.31. The molecule has 2 amide bonds. The van der Waals surface area contributed by atoms with E-state index in [1.54, 1.807) is 12.2 Å². The van der Waals surface area contributed by atoms with E-state index in [1.165, 1.54) is 6.08 Å². The van der Waals surface area contributed by atoms with E-state index in [1.807, 2.05) is 30.3 Å². The number of allylic oxidation sites excluding steroid dienone is 2. The van der Waals surface area contributed by atoms with E-state index in [4.69, 9.17) is 0 Å². The van der Waals surface area contributed by atoms with Gasteiger partial charge in [0.15, 0.2) is 4.87 Å². The minimum Gasteiger partial charge on any atom is -0.480 e. The van der Waals surface area contributed by atoms with Crippen LogP contribution in [-0.2, 0) is 14.8 Å². The number of hydrogen-bond acceptors (Lipinski definition) is 4. The number of anilines is 1. The fraction of sp³-hybridized carbons (Fsp3) is 0.250. The van der Waals surface area contributed by atoms with Gasteiger partial charge in [0.1, 0.15) is 17.7 Å². The smallest absolute Gasteiger partial charge is 0.322 e. The van der Waals surface area contributed by atoms with Gasteiger partial charge in [-0.15, -0.1) is 0 Å². The zero-order valence-electron chi connectivity index (χ0n) is 18.4. The first-order valence-electron chi connectivity index (χ1n) is 10.9. The molecule has 0 aromatic heterocycles. The molecule has 1 fully saturated rings. The average molecular weight is 504 g/mol. The van der Waals surface area contributed by atoms with E-state index in [0.29, 0.717) is 12.5 Å². The number of carboxylic acid groups (broad SMARTS) is 1. The SMILES string of the molecule is O=C(Nc1ccc(F)cc1F)NC1(S(=O)(=O)N2CCC[C@H]2C(=O)O)C=CC(c2ccccc2)=CC1. The quantitative estimate of drug-likeness (QED) is 0.556. The second-order valence-electron chi connectivity index (χ2n) is 8.27. The molecule has 8 nitrogen and oxygen atoms in total. The molecule has 2 aromatic rings. The summed E-state index contributed by atoms with van der Waals surface area (Å²) in [6.45, 7) is -0.0139. The molecule has 1 aliphatic carbocycles. The van der Waals surface area contributed by atoms with Gasteiger partial charge in [-0.1, -0.05) is 42.5 Å². The summed E-state index contributed by atoms with van der Waals surface area (Å²) < 4.78 is 55.7. The predicted molar refractivity (Wildman–Crippen MR) is 126 cm³/mol. The van der Waals surface area contributed by atoms with Gasteiger partial charge in [0.25, 0.3) is 0 Å². The summed E-state index contributed by atoms with van der Waals surface area (Å²) in [6, 6.07) is 9.41. The van der Waals surface area contributed by atoms with E-state index in [2.05, 4.69) is 10.6 Å². The predicted octanol–water partition coefficient (Wildman–Crippen LogP) is 3.70. The Bertz CT molecular complexity index is 1310. The van der Waals surface area contributed by atoms with Crippen LogP contribution in [0.3, 0.4) is 0 Å². The number of carboxylic acids is 1. The number of urea groups is 1. The first-order chi connectivity index (χ1) is 16.6. The number of rotatable bonds is 6. The summed E-state index contributed by atoms with van der Waals surface area (Å²) in [5.74, 6) is -3.15. The van der Waals surface area contributed by atoms with Gasteiger partial charge in [-0.05, 0) is 42.2 Å². The van der Waals surface area contributed by atoms with E-state index in [-0.39, 0.29) is 25.1 Å². The van der Waals surface area contributed by atoms with Crippen LogP contribution in [0, 0.1) is 11.6 Å². The van der Waals surface area contributed by atoms with Crippen molar-refractivity contribution < 1.29 is 31.9 Å². The molecule has 1 aliphatic heterocycles. The highest BCUT2D eigenvalue weighted by molar-refractivity contribution is 7.90.